The standard InChI is InChI=1S/C22H21F2N5O2/c1-28-10-8-22(12-28)13-29(21(30)18-17(24)3-2-9-25-18)11-16(22)20-26-19(27-31-20)14-4-6-15(23)7-5-14/h2-7,9,16H,8,10-13H2,1H3/t16-,22-/m0/s1. The molecule has 0 bridgehead atoms. The van der Waals surface area contributed by atoms with Crippen molar-refractivity contribution < 1.29 is 18.1 Å². The highest BCUT2D eigenvalue weighted by molar-refractivity contribution is 5.92. The van der Waals surface area contributed by atoms with Crippen molar-refractivity contribution in [1.82, 2.24) is 24.9 Å². The van der Waals surface area contributed by atoms with Gasteiger partial charge in [-0.2, -0.15) is 4.98 Å². The van der Waals surface area contributed by atoms with Crippen molar-refractivity contribution in [3.8, 4) is 11.4 Å². The number of likely N-dealkylation sites (tertiary alicyclic amines) is 2. The zero-order valence-corrected chi connectivity index (χ0v) is 17.0. The number of halogens is 2. The molecule has 4 heterocycles. The molecule has 5 rings (SSSR count). The van der Waals surface area contributed by atoms with Crippen LogP contribution in [-0.4, -0.2) is 64.1 Å². The summed E-state index contributed by atoms with van der Waals surface area (Å²) in [5, 5.41) is 4.08. The summed E-state index contributed by atoms with van der Waals surface area (Å²) in [4.78, 5) is 25.4. The lowest BCUT2D eigenvalue weighted by Crippen LogP contribution is -2.35. The minimum Gasteiger partial charge on any atom is -0.339 e. The molecule has 7 nitrogen and oxygen atoms in total. The molecule has 160 valence electrons. The monoisotopic (exact) mass is 425 g/mol. The van der Waals surface area contributed by atoms with Gasteiger partial charge in [-0.1, -0.05) is 5.16 Å². The Morgan fingerprint density at radius 2 is 2.00 bits per heavy atom. The highest BCUT2D eigenvalue weighted by atomic mass is 19.1. The maximum atomic E-state index is 14.2. The summed E-state index contributed by atoms with van der Waals surface area (Å²) in [5.74, 6) is -0.789. The highest BCUT2D eigenvalue weighted by Crippen LogP contribution is 2.48. The number of pyridine rings is 1. The molecule has 2 aliphatic heterocycles. The van der Waals surface area contributed by atoms with Gasteiger partial charge in [0, 0.05) is 36.8 Å². The Bertz CT molecular complexity index is 1120. The van der Waals surface area contributed by atoms with Gasteiger partial charge in [0.25, 0.3) is 5.91 Å². The van der Waals surface area contributed by atoms with Gasteiger partial charge >= 0.3 is 0 Å². The third-order valence-electron chi connectivity index (χ3n) is 6.31. The number of hydrogen-bond donors (Lipinski definition) is 0. The Balaban J connectivity index is 1.46. The van der Waals surface area contributed by atoms with Crippen LogP contribution in [0.25, 0.3) is 11.4 Å². The molecule has 0 aliphatic carbocycles. The second-order valence-corrected chi connectivity index (χ2v) is 8.39. The molecule has 2 atom stereocenters. The molecule has 2 fully saturated rings. The molecule has 2 aromatic heterocycles. The van der Waals surface area contributed by atoms with Gasteiger partial charge in [0.15, 0.2) is 11.5 Å². The average Bonchev–Trinajstić information content (AvgIpc) is 3.48. The maximum absolute atomic E-state index is 14.2. The summed E-state index contributed by atoms with van der Waals surface area (Å²) in [7, 11) is 2.03. The summed E-state index contributed by atoms with van der Waals surface area (Å²) in [6.07, 6.45) is 2.27. The fraction of sp³-hybridized carbons (Fsp3) is 0.364. The van der Waals surface area contributed by atoms with E-state index < -0.39 is 11.7 Å². The van der Waals surface area contributed by atoms with Crippen LogP contribution >= 0.6 is 0 Å². The Labute approximate surface area is 177 Å². The van der Waals surface area contributed by atoms with E-state index in [0.29, 0.717) is 30.4 Å². The van der Waals surface area contributed by atoms with Crippen molar-refractivity contribution in [2.24, 2.45) is 5.41 Å². The van der Waals surface area contributed by atoms with Crippen LogP contribution in [0.5, 0.6) is 0 Å². The van der Waals surface area contributed by atoms with Gasteiger partial charge in [0.2, 0.25) is 11.7 Å². The minimum atomic E-state index is -0.634. The van der Waals surface area contributed by atoms with E-state index >= 15 is 0 Å². The van der Waals surface area contributed by atoms with Crippen LogP contribution < -0.4 is 0 Å². The van der Waals surface area contributed by atoms with Gasteiger partial charge in [-0.05, 0) is 56.4 Å². The summed E-state index contributed by atoms with van der Waals surface area (Å²) in [6.45, 7) is 2.45. The van der Waals surface area contributed by atoms with Crippen LogP contribution in [0.1, 0.15) is 28.7 Å². The van der Waals surface area contributed by atoms with E-state index in [1.54, 1.807) is 17.0 Å². The first-order chi connectivity index (χ1) is 14.9. The number of rotatable bonds is 3. The average molecular weight is 425 g/mol. The zero-order valence-electron chi connectivity index (χ0n) is 17.0. The van der Waals surface area contributed by atoms with Gasteiger partial charge in [0.1, 0.15) is 5.82 Å². The van der Waals surface area contributed by atoms with E-state index in [0.717, 1.165) is 19.5 Å². The first-order valence-electron chi connectivity index (χ1n) is 10.1. The van der Waals surface area contributed by atoms with E-state index in [2.05, 4.69) is 20.0 Å². The molecule has 3 aromatic rings. The molecular weight excluding hydrogens is 404 g/mol. The minimum absolute atomic E-state index is 0.179. The van der Waals surface area contributed by atoms with Crippen LogP contribution in [0.2, 0.25) is 0 Å². The number of amides is 1. The Kier molecular flexibility index (Phi) is 4.77. The van der Waals surface area contributed by atoms with E-state index in [1.807, 2.05) is 7.05 Å². The lowest BCUT2D eigenvalue weighted by molar-refractivity contribution is 0.0763. The van der Waals surface area contributed by atoms with Gasteiger partial charge in [-0.25, -0.2) is 13.8 Å². The number of hydrogen-bond acceptors (Lipinski definition) is 6. The van der Waals surface area contributed by atoms with E-state index in [1.165, 1.54) is 30.5 Å². The molecule has 1 amide bonds. The van der Waals surface area contributed by atoms with Crippen molar-refractivity contribution in [3.05, 3.63) is 65.8 Å². The molecule has 2 aliphatic rings. The number of benzene rings is 1. The fourth-order valence-corrected chi connectivity index (χ4v) is 4.77. The predicted octanol–water partition coefficient (Wildman–Crippen LogP) is 2.97. The summed E-state index contributed by atoms with van der Waals surface area (Å²) >= 11 is 0. The summed E-state index contributed by atoms with van der Waals surface area (Å²) in [6, 6.07) is 8.57. The van der Waals surface area contributed by atoms with Gasteiger partial charge in [-0.3, -0.25) is 4.79 Å². The predicted molar refractivity (Wildman–Crippen MR) is 107 cm³/mol. The number of carbonyl (C=O) groups excluding carboxylic acids is 1. The molecule has 0 N–H and O–H groups in total. The van der Waals surface area contributed by atoms with Crippen molar-refractivity contribution in [3.63, 3.8) is 0 Å². The first-order valence-corrected chi connectivity index (χ1v) is 10.1. The molecule has 0 radical (unpaired) electrons. The van der Waals surface area contributed by atoms with E-state index in [4.69, 9.17) is 4.52 Å². The van der Waals surface area contributed by atoms with Gasteiger partial charge in [-0.15, -0.1) is 0 Å². The molecule has 1 aromatic carbocycles. The highest BCUT2D eigenvalue weighted by Gasteiger charge is 2.54. The largest absolute Gasteiger partial charge is 0.339 e. The topological polar surface area (TPSA) is 75.4 Å². The first kappa shape index (κ1) is 19.7. The van der Waals surface area contributed by atoms with Crippen molar-refractivity contribution in [2.45, 2.75) is 12.3 Å². The van der Waals surface area contributed by atoms with E-state index in [9.17, 15) is 13.6 Å². The number of nitrogens with zero attached hydrogens (tertiary/aromatic N) is 5. The Morgan fingerprint density at radius 1 is 1.19 bits per heavy atom. The van der Waals surface area contributed by atoms with Gasteiger partial charge in [0.05, 0.1) is 5.92 Å². The normalized spacial score (nSPS) is 23.7. The number of carbonyl (C=O) groups is 1. The third-order valence-corrected chi connectivity index (χ3v) is 6.31. The molecule has 0 saturated carbocycles. The lowest BCUT2D eigenvalue weighted by Gasteiger charge is -2.27. The second-order valence-electron chi connectivity index (χ2n) is 8.39. The molecule has 9 heteroatoms. The third kappa shape index (κ3) is 3.48. The number of aromatic nitrogens is 3. The van der Waals surface area contributed by atoms with Crippen LogP contribution in [-0.2, 0) is 0 Å². The van der Waals surface area contributed by atoms with E-state index in [-0.39, 0.29) is 22.8 Å². The second kappa shape index (κ2) is 7.49. The summed E-state index contributed by atoms with van der Waals surface area (Å²) < 4.78 is 33.0. The Hall–Kier alpha value is -3.20. The van der Waals surface area contributed by atoms with Crippen molar-refractivity contribution in [2.75, 3.05) is 33.2 Å². The lowest BCUT2D eigenvalue weighted by atomic mass is 9.77. The maximum Gasteiger partial charge on any atom is 0.275 e. The molecular formula is C22H21F2N5O2. The smallest absolute Gasteiger partial charge is 0.275 e. The van der Waals surface area contributed by atoms with Gasteiger partial charge < -0.3 is 14.3 Å². The van der Waals surface area contributed by atoms with Crippen molar-refractivity contribution in [1.29, 1.82) is 0 Å². The molecule has 2 saturated heterocycles. The van der Waals surface area contributed by atoms with Crippen molar-refractivity contribution >= 4 is 5.91 Å². The Morgan fingerprint density at radius 3 is 2.71 bits per heavy atom. The molecule has 0 unspecified atom stereocenters. The molecule has 31 heavy (non-hydrogen) atoms. The fourth-order valence-electron chi connectivity index (χ4n) is 4.77. The zero-order chi connectivity index (χ0) is 21.6. The van der Waals surface area contributed by atoms with Crippen LogP contribution in [0.4, 0.5) is 8.78 Å². The van der Waals surface area contributed by atoms with Crippen LogP contribution in [0, 0.1) is 17.0 Å². The summed E-state index contributed by atoms with van der Waals surface area (Å²) in [5.41, 5.74) is 0.208. The SMILES string of the molecule is CN1CC[C@]2(C1)CN(C(=O)c1ncccc1F)C[C@H]2c1nc(-c2ccc(F)cc2)no1. The van der Waals surface area contributed by atoms with Crippen LogP contribution in [0.3, 0.4) is 0 Å². The quantitative estimate of drug-likeness (QED) is 0.642. The molecule has 1 spiro atoms. The van der Waals surface area contributed by atoms with Crippen LogP contribution in [0.15, 0.2) is 47.1 Å².